The predicted octanol–water partition coefficient (Wildman–Crippen LogP) is 20.9. The smallest absolute Gasteiger partial charge is 0.268 e. The van der Waals surface area contributed by atoms with E-state index in [1.54, 1.807) is 6.08 Å². The summed E-state index contributed by atoms with van der Waals surface area (Å²) in [7, 11) is 1.28. The van der Waals surface area contributed by atoms with Gasteiger partial charge in [0.2, 0.25) is 5.91 Å². The summed E-state index contributed by atoms with van der Waals surface area (Å²) < 4.78 is 23.4. The number of amides is 1. The summed E-state index contributed by atoms with van der Waals surface area (Å²) in [6.07, 6.45) is 77.3. The van der Waals surface area contributed by atoms with Gasteiger partial charge in [-0.1, -0.05) is 327 Å². The Balaban J connectivity index is 3.94. The molecular formula is C68H135N2O6P. The molecule has 458 valence electrons. The van der Waals surface area contributed by atoms with Gasteiger partial charge in [0.25, 0.3) is 7.82 Å². The first kappa shape index (κ1) is 76.0. The van der Waals surface area contributed by atoms with Crippen LogP contribution in [0.1, 0.15) is 354 Å². The molecule has 0 bridgehead atoms. The lowest BCUT2D eigenvalue weighted by molar-refractivity contribution is -0.870. The third-order valence-corrected chi connectivity index (χ3v) is 16.9. The van der Waals surface area contributed by atoms with Crippen LogP contribution in [0.4, 0.5) is 0 Å². The van der Waals surface area contributed by atoms with Crippen LogP contribution >= 0.6 is 7.82 Å². The topological polar surface area (TPSA) is 108 Å². The SMILES string of the molecule is CCCCCCCCCCCCCCCCCC/C=C\CCCCCCCCCCCCCCCCCCCC(=O)NC(COP(=O)([O-])OCC[N+](C)(C)C)C(O)/C=C/CCCCCCCCCCCCCCCCCC. The Bertz CT molecular complexity index is 1300. The van der Waals surface area contributed by atoms with Crippen LogP contribution in [0, 0.1) is 0 Å². The van der Waals surface area contributed by atoms with Gasteiger partial charge in [0, 0.05) is 6.42 Å². The highest BCUT2D eigenvalue weighted by Gasteiger charge is 2.23. The number of carbonyl (C=O) groups excluding carboxylic acids is 1. The van der Waals surface area contributed by atoms with Crippen LogP contribution in [0.15, 0.2) is 24.3 Å². The Kier molecular flexibility index (Phi) is 58.8. The summed E-state index contributed by atoms with van der Waals surface area (Å²) in [5.74, 6) is -0.190. The number of nitrogens with zero attached hydrogens (tertiary/aromatic N) is 1. The lowest BCUT2D eigenvalue weighted by Gasteiger charge is -2.29. The maximum atomic E-state index is 13.0. The van der Waals surface area contributed by atoms with Gasteiger partial charge in [-0.3, -0.25) is 9.36 Å². The van der Waals surface area contributed by atoms with Crippen LogP contribution in [0.3, 0.4) is 0 Å². The zero-order valence-electron chi connectivity index (χ0n) is 52.4. The minimum absolute atomic E-state index is 0.00159. The molecule has 0 radical (unpaired) electrons. The quantitative estimate of drug-likeness (QED) is 0.0272. The average molecular weight is 1110 g/mol. The maximum Gasteiger partial charge on any atom is 0.268 e. The number of aliphatic hydroxyl groups is 1. The first-order valence-electron chi connectivity index (χ1n) is 34.2. The Hall–Kier alpha value is -1.02. The summed E-state index contributed by atoms with van der Waals surface area (Å²) in [4.78, 5) is 25.6. The standard InChI is InChI=1S/C68H135N2O6P/c1-6-8-10-12-14-16-18-20-22-24-26-27-28-29-30-31-32-33-34-35-36-37-38-39-40-41-42-43-44-46-48-50-52-54-56-58-60-62-68(72)69-66(65-76-77(73,74)75-64-63-70(3,4)5)67(71)61-59-57-55-53-51-49-47-45-25-23-21-19-17-15-13-11-9-7-2/h33-34,59,61,66-67,71H,6-32,35-58,60,62-65H2,1-5H3,(H-,69,72,73,74)/b34-33-,61-59+. The molecule has 0 saturated carbocycles. The fourth-order valence-electron chi connectivity index (χ4n) is 10.6. The van der Waals surface area contributed by atoms with Gasteiger partial charge in [0.1, 0.15) is 13.2 Å². The van der Waals surface area contributed by atoms with E-state index in [4.69, 9.17) is 9.05 Å². The van der Waals surface area contributed by atoms with Crippen molar-refractivity contribution in [2.45, 2.75) is 366 Å². The van der Waals surface area contributed by atoms with Crippen molar-refractivity contribution in [2.24, 2.45) is 0 Å². The fraction of sp³-hybridized carbons (Fsp3) is 0.926. The van der Waals surface area contributed by atoms with Crippen molar-refractivity contribution >= 4 is 13.7 Å². The maximum absolute atomic E-state index is 13.0. The minimum atomic E-state index is -4.60. The zero-order valence-corrected chi connectivity index (χ0v) is 53.3. The van der Waals surface area contributed by atoms with Crippen molar-refractivity contribution in [3.05, 3.63) is 24.3 Å². The van der Waals surface area contributed by atoms with Crippen LogP contribution in [-0.2, 0) is 18.4 Å². The highest BCUT2D eigenvalue weighted by atomic mass is 31.2. The lowest BCUT2D eigenvalue weighted by atomic mass is 10.0. The van der Waals surface area contributed by atoms with Crippen LogP contribution < -0.4 is 10.2 Å². The predicted molar refractivity (Wildman–Crippen MR) is 335 cm³/mol. The lowest BCUT2D eigenvalue weighted by Crippen LogP contribution is -2.45. The van der Waals surface area contributed by atoms with Gasteiger partial charge in [-0.05, 0) is 44.9 Å². The first-order chi connectivity index (χ1) is 37.5. The molecule has 0 aromatic heterocycles. The van der Waals surface area contributed by atoms with Gasteiger partial charge >= 0.3 is 0 Å². The summed E-state index contributed by atoms with van der Waals surface area (Å²) in [6, 6.07) is -0.885. The number of phosphoric ester groups is 1. The van der Waals surface area contributed by atoms with Gasteiger partial charge < -0.3 is 28.8 Å². The molecule has 3 unspecified atom stereocenters. The second-order valence-electron chi connectivity index (χ2n) is 24.9. The molecule has 0 rings (SSSR count). The van der Waals surface area contributed by atoms with E-state index in [1.807, 2.05) is 27.2 Å². The number of carbonyl (C=O) groups is 1. The van der Waals surface area contributed by atoms with E-state index in [1.165, 1.54) is 295 Å². The first-order valence-corrected chi connectivity index (χ1v) is 35.7. The monoisotopic (exact) mass is 1110 g/mol. The molecule has 0 aliphatic rings. The fourth-order valence-corrected chi connectivity index (χ4v) is 11.3. The van der Waals surface area contributed by atoms with Crippen molar-refractivity contribution in [2.75, 3.05) is 40.9 Å². The molecule has 1 amide bonds. The molecule has 0 aliphatic carbocycles. The van der Waals surface area contributed by atoms with E-state index in [0.29, 0.717) is 17.4 Å². The molecule has 3 atom stereocenters. The number of hydrogen-bond donors (Lipinski definition) is 2. The highest BCUT2D eigenvalue weighted by molar-refractivity contribution is 7.45. The molecule has 0 fully saturated rings. The molecule has 9 heteroatoms. The van der Waals surface area contributed by atoms with Gasteiger partial charge in [-0.2, -0.15) is 0 Å². The van der Waals surface area contributed by atoms with Gasteiger partial charge in [-0.15, -0.1) is 0 Å². The Labute approximate surface area is 481 Å². The molecule has 0 aliphatic heterocycles. The van der Waals surface area contributed by atoms with E-state index in [2.05, 4.69) is 31.3 Å². The van der Waals surface area contributed by atoms with Gasteiger partial charge in [0.05, 0.1) is 39.9 Å². The summed E-state index contributed by atoms with van der Waals surface area (Å²) in [5.41, 5.74) is 0. The van der Waals surface area contributed by atoms with Crippen LogP contribution in [0.2, 0.25) is 0 Å². The van der Waals surface area contributed by atoms with Gasteiger partial charge in [-0.25, -0.2) is 0 Å². The molecule has 0 spiro atoms. The molecule has 2 N–H and O–H groups in total. The third kappa shape index (κ3) is 62.4. The second kappa shape index (κ2) is 59.6. The van der Waals surface area contributed by atoms with Gasteiger partial charge in [0.15, 0.2) is 0 Å². The van der Waals surface area contributed by atoms with Crippen LogP contribution in [0.5, 0.6) is 0 Å². The molecule has 0 saturated heterocycles. The normalized spacial score (nSPS) is 13.8. The molecule has 0 aromatic carbocycles. The third-order valence-electron chi connectivity index (χ3n) is 15.9. The molecule has 0 aromatic rings. The van der Waals surface area contributed by atoms with E-state index in [-0.39, 0.29) is 19.1 Å². The van der Waals surface area contributed by atoms with E-state index < -0.39 is 20.0 Å². The second-order valence-corrected chi connectivity index (χ2v) is 26.3. The molecular weight excluding hydrogens is 972 g/mol. The van der Waals surface area contributed by atoms with Crippen LogP contribution in [0.25, 0.3) is 0 Å². The summed E-state index contributed by atoms with van der Waals surface area (Å²) >= 11 is 0. The zero-order chi connectivity index (χ0) is 56.3. The summed E-state index contributed by atoms with van der Waals surface area (Å²) in [5, 5.41) is 13.9. The molecule has 77 heavy (non-hydrogen) atoms. The Morgan fingerprint density at radius 3 is 1.01 bits per heavy atom. The van der Waals surface area contributed by atoms with E-state index in [9.17, 15) is 19.4 Å². The highest BCUT2D eigenvalue weighted by Crippen LogP contribution is 2.38. The molecule has 8 nitrogen and oxygen atoms in total. The number of nitrogens with one attached hydrogen (secondary N) is 1. The number of quaternary nitrogens is 1. The number of hydrogen-bond acceptors (Lipinski definition) is 6. The average Bonchev–Trinajstić information content (AvgIpc) is 3.39. The summed E-state index contributed by atoms with van der Waals surface area (Å²) in [6.45, 7) is 4.71. The number of rotatable bonds is 64. The Morgan fingerprint density at radius 1 is 0.442 bits per heavy atom. The van der Waals surface area contributed by atoms with Crippen LogP contribution in [-0.4, -0.2) is 68.5 Å². The molecule has 0 heterocycles. The number of aliphatic hydroxyl groups excluding tert-OH is 1. The van der Waals surface area contributed by atoms with E-state index >= 15 is 0 Å². The number of phosphoric acid groups is 1. The van der Waals surface area contributed by atoms with Crippen molar-refractivity contribution in [3.63, 3.8) is 0 Å². The number of allylic oxidation sites excluding steroid dienone is 3. The number of unbranched alkanes of at least 4 members (excludes halogenated alkanes) is 49. The number of likely N-dealkylation sites (N-methyl/N-ethyl adjacent to an activating group) is 1. The largest absolute Gasteiger partial charge is 0.756 e. The van der Waals surface area contributed by atoms with Crippen molar-refractivity contribution in [3.8, 4) is 0 Å². The Morgan fingerprint density at radius 2 is 0.714 bits per heavy atom. The van der Waals surface area contributed by atoms with Crippen molar-refractivity contribution in [1.29, 1.82) is 0 Å². The van der Waals surface area contributed by atoms with Crippen molar-refractivity contribution in [1.82, 2.24) is 5.32 Å². The van der Waals surface area contributed by atoms with Crippen molar-refractivity contribution < 1.29 is 32.9 Å². The minimum Gasteiger partial charge on any atom is -0.756 e. The van der Waals surface area contributed by atoms with E-state index in [0.717, 1.165) is 38.5 Å².